The molecule has 2 aromatic rings. The number of nitrogens with one attached hydrogen (secondary N) is 1. The maximum absolute atomic E-state index is 12.5. The van der Waals surface area contributed by atoms with E-state index in [4.69, 9.17) is 27.9 Å². The molecular formula is C14H13Cl2NO3S. The number of methoxy groups -OCH3 is 1. The van der Waals surface area contributed by atoms with E-state index in [0.29, 0.717) is 21.3 Å². The lowest BCUT2D eigenvalue weighted by Gasteiger charge is -2.14. The molecule has 0 unspecified atom stereocenters. The second kappa shape index (κ2) is 6.13. The normalized spacial score (nSPS) is 11.2. The average molecular weight is 346 g/mol. The van der Waals surface area contributed by atoms with Crippen LogP contribution in [-0.4, -0.2) is 15.5 Å². The molecule has 0 aliphatic rings. The molecule has 4 nitrogen and oxygen atoms in total. The summed E-state index contributed by atoms with van der Waals surface area (Å²) in [4.78, 5) is -0.0307. The van der Waals surface area contributed by atoms with E-state index in [2.05, 4.69) is 4.72 Å². The minimum Gasteiger partial charge on any atom is -0.495 e. The maximum Gasteiger partial charge on any atom is 0.265 e. The molecule has 0 bridgehead atoms. The molecule has 0 saturated heterocycles. The van der Waals surface area contributed by atoms with E-state index >= 15 is 0 Å². The second-order valence-electron chi connectivity index (χ2n) is 4.31. The highest BCUT2D eigenvalue weighted by molar-refractivity contribution is 7.92. The standard InChI is InChI=1S/C14H13Cl2NO3S/c1-9-11(16)4-3-5-12(9)17-21(18,19)14-8-10(15)6-7-13(14)20-2/h3-8,17H,1-2H3. The lowest BCUT2D eigenvalue weighted by molar-refractivity contribution is 0.403. The number of hydrogen-bond acceptors (Lipinski definition) is 3. The highest BCUT2D eigenvalue weighted by Gasteiger charge is 2.21. The Labute approximate surface area is 133 Å². The monoisotopic (exact) mass is 345 g/mol. The van der Waals surface area contributed by atoms with Gasteiger partial charge in [-0.3, -0.25) is 4.72 Å². The Balaban J connectivity index is 2.48. The molecule has 2 rings (SSSR count). The first-order valence-corrected chi connectivity index (χ1v) is 8.20. The van der Waals surface area contributed by atoms with Crippen LogP contribution in [-0.2, 0) is 10.0 Å². The molecule has 21 heavy (non-hydrogen) atoms. The van der Waals surface area contributed by atoms with E-state index in [9.17, 15) is 8.42 Å². The van der Waals surface area contributed by atoms with Crippen LogP contribution in [0.3, 0.4) is 0 Å². The van der Waals surface area contributed by atoms with Crippen molar-refractivity contribution in [3.8, 4) is 5.75 Å². The van der Waals surface area contributed by atoms with Crippen LogP contribution in [0.5, 0.6) is 5.75 Å². The van der Waals surface area contributed by atoms with Crippen LogP contribution in [0.4, 0.5) is 5.69 Å². The van der Waals surface area contributed by atoms with Gasteiger partial charge in [0.05, 0.1) is 12.8 Å². The third-order valence-corrected chi connectivity index (χ3v) is 4.96. The molecule has 0 saturated carbocycles. The van der Waals surface area contributed by atoms with Gasteiger partial charge < -0.3 is 4.74 Å². The third kappa shape index (κ3) is 3.43. The van der Waals surface area contributed by atoms with E-state index in [1.54, 1.807) is 31.2 Å². The van der Waals surface area contributed by atoms with Gasteiger partial charge in [0.1, 0.15) is 10.6 Å². The third-order valence-electron chi connectivity index (χ3n) is 2.93. The fourth-order valence-corrected chi connectivity index (χ4v) is 3.51. The smallest absolute Gasteiger partial charge is 0.265 e. The van der Waals surface area contributed by atoms with Crippen LogP contribution in [0.15, 0.2) is 41.3 Å². The van der Waals surface area contributed by atoms with Gasteiger partial charge in [-0.2, -0.15) is 0 Å². The average Bonchev–Trinajstić information content (AvgIpc) is 2.44. The molecule has 7 heteroatoms. The zero-order chi connectivity index (χ0) is 15.6. The van der Waals surface area contributed by atoms with Gasteiger partial charge >= 0.3 is 0 Å². The molecule has 0 heterocycles. The van der Waals surface area contributed by atoms with E-state index in [1.165, 1.54) is 19.2 Å². The second-order valence-corrected chi connectivity index (χ2v) is 6.81. The first-order chi connectivity index (χ1) is 9.85. The van der Waals surface area contributed by atoms with E-state index in [0.717, 1.165) is 0 Å². The summed E-state index contributed by atoms with van der Waals surface area (Å²) in [5.41, 5.74) is 1.05. The summed E-state index contributed by atoms with van der Waals surface area (Å²) in [5, 5.41) is 0.784. The Morgan fingerprint density at radius 2 is 1.86 bits per heavy atom. The van der Waals surface area contributed by atoms with Crippen molar-refractivity contribution in [3.05, 3.63) is 52.0 Å². The Morgan fingerprint density at radius 3 is 2.52 bits per heavy atom. The van der Waals surface area contributed by atoms with Gasteiger partial charge in [-0.25, -0.2) is 8.42 Å². The highest BCUT2D eigenvalue weighted by Crippen LogP contribution is 2.30. The van der Waals surface area contributed by atoms with Gasteiger partial charge in [0.2, 0.25) is 0 Å². The van der Waals surface area contributed by atoms with Crippen LogP contribution >= 0.6 is 23.2 Å². The SMILES string of the molecule is COc1ccc(Cl)cc1S(=O)(=O)Nc1cccc(Cl)c1C. The van der Waals surface area contributed by atoms with Crippen molar-refractivity contribution in [2.75, 3.05) is 11.8 Å². The molecule has 0 amide bonds. The van der Waals surface area contributed by atoms with Gasteiger partial charge in [-0.05, 0) is 42.8 Å². The van der Waals surface area contributed by atoms with Crippen molar-refractivity contribution in [1.29, 1.82) is 0 Å². The van der Waals surface area contributed by atoms with Gasteiger partial charge in [0.15, 0.2) is 0 Å². The fourth-order valence-electron chi connectivity index (χ4n) is 1.78. The summed E-state index contributed by atoms with van der Waals surface area (Å²) in [5.74, 6) is 0.214. The zero-order valence-electron chi connectivity index (χ0n) is 11.4. The minimum absolute atomic E-state index is 0.0307. The van der Waals surface area contributed by atoms with Crippen molar-refractivity contribution < 1.29 is 13.2 Å². The Kier molecular flexibility index (Phi) is 4.66. The Hall–Kier alpha value is -1.43. The molecule has 112 valence electrons. The summed E-state index contributed by atoms with van der Waals surface area (Å²) < 4.78 is 32.6. The van der Waals surface area contributed by atoms with Crippen LogP contribution in [0.1, 0.15) is 5.56 Å². The summed E-state index contributed by atoms with van der Waals surface area (Å²) in [6.45, 7) is 1.73. The number of benzene rings is 2. The number of hydrogen-bond donors (Lipinski definition) is 1. The van der Waals surface area contributed by atoms with Crippen LogP contribution in [0.2, 0.25) is 10.0 Å². The summed E-state index contributed by atoms with van der Waals surface area (Å²) in [7, 11) is -2.44. The van der Waals surface area contributed by atoms with Crippen molar-refractivity contribution in [3.63, 3.8) is 0 Å². The topological polar surface area (TPSA) is 55.4 Å². The number of halogens is 2. The maximum atomic E-state index is 12.5. The molecule has 0 fully saturated rings. The number of sulfonamides is 1. The van der Waals surface area contributed by atoms with E-state index in [1.807, 2.05) is 0 Å². The summed E-state index contributed by atoms with van der Waals surface area (Å²) >= 11 is 11.9. The number of anilines is 1. The lowest BCUT2D eigenvalue weighted by Crippen LogP contribution is -2.15. The van der Waals surface area contributed by atoms with Gasteiger partial charge in [0, 0.05) is 10.0 Å². The molecule has 0 atom stereocenters. The van der Waals surface area contributed by atoms with Gasteiger partial charge in [-0.15, -0.1) is 0 Å². The first kappa shape index (κ1) is 15.9. The number of ether oxygens (including phenoxy) is 1. The molecule has 0 radical (unpaired) electrons. The van der Waals surface area contributed by atoms with Crippen molar-refractivity contribution in [2.24, 2.45) is 0 Å². The summed E-state index contributed by atoms with van der Waals surface area (Å²) in [6.07, 6.45) is 0. The highest BCUT2D eigenvalue weighted by atomic mass is 35.5. The van der Waals surface area contributed by atoms with Crippen molar-refractivity contribution in [2.45, 2.75) is 11.8 Å². The van der Waals surface area contributed by atoms with Crippen LogP contribution in [0, 0.1) is 6.92 Å². The Morgan fingerprint density at radius 1 is 1.14 bits per heavy atom. The Bertz CT molecular complexity index is 776. The molecular weight excluding hydrogens is 333 g/mol. The van der Waals surface area contributed by atoms with Crippen molar-refractivity contribution >= 4 is 38.9 Å². The van der Waals surface area contributed by atoms with Crippen LogP contribution in [0.25, 0.3) is 0 Å². The number of rotatable bonds is 4. The largest absolute Gasteiger partial charge is 0.495 e. The first-order valence-electron chi connectivity index (χ1n) is 5.96. The minimum atomic E-state index is -3.84. The molecule has 1 N–H and O–H groups in total. The lowest BCUT2D eigenvalue weighted by atomic mass is 10.2. The predicted octanol–water partition coefficient (Wildman–Crippen LogP) is 4.11. The van der Waals surface area contributed by atoms with E-state index < -0.39 is 10.0 Å². The van der Waals surface area contributed by atoms with Gasteiger partial charge in [0.25, 0.3) is 10.0 Å². The van der Waals surface area contributed by atoms with Crippen LogP contribution < -0.4 is 9.46 Å². The molecule has 0 aliphatic carbocycles. The quantitative estimate of drug-likeness (QED) is 0.906. The molecule has 0 aliphatic heterocycles. The molecule has 0 aromatic heterocycles. The van der Waals surface area contributed by atoms with Crippen molar-refractivity contribution in [1.82, 2.24) is 0 Å². The summed E-state index contributed by atoms with van der Waals surface area (Å²) in [6, 6.07) is 9.39. The fraction of sp³-hybridized carbons (Fsp3) is 0.143. The van der Waals surface area contributed by atoms with Gasteiger partial charge in [-0.1, -0.05) is 29.3 Å². The molecule has 0 spiro atoms. The molecule has 2 aromatic carbocycles. The van der Waals surface area contributed by atoms with E-state index in [-0.39, 0.29) is 10.6 Å². The zero-order valence-corrected chi connectivity index (χ0v) is 13.7. The predicted molar refractivity (Wildman–Crippen MR) is 85.0 cm³/mol.